The molecule has 0 aliphatic rings. The molecular formula is C115H223N21. The summed E-state index contributed by atoms with van der Waals surface area (Å²) >= 11 is 0. The minimum absolute atomic E-state index is 0.781. The third-order valence-electron chi connectivity index (χ3n) is 25.3. The Bertz CT molecular complexity index is 3400. The molecule has 0 unspecified atom stereocenters. The van der Waals surface area contributed by atoms with Crippen LogP contribution in [0.2, 0.25) is 0 Å². The first-order valence-corrected chi connectivity index (χ1v) is 57.3. The molecule has 0 aliphatic heterocycles. The largest absolute Gasteiger partial charge is 0.252 e. The van der Waals surface area contributed by atoms with Gasteiger partial charge in [0.2, 0.25) is 0 Å². The quantitative estimate of drug-likeness (QED) is 0.0324. The fourth-order valence-electron chi connectivity index (χ4n) is 16.6. The van der Waals surface area contributed by atoms with Crippen LogP contribution < -0.4 is 0 Å². The molecule has 0 saturated carbocycles. The van der Waals surface area contributed by atoms with Crippen molar-refractivity contribution in [1.29, 1.82) is 0 Å². The van der Waals surface area contributed by atoms with Crippen LogP contribution in [0, 0.1) is 82.9 Å². The maximum Gasteiger partial charge on any atom is 0.0827 e. The topological polar surface area (TPSA) is 215 Å². The summed E-state index contributed by atoms with van der Waals surface area (Å²) in [6.07, 6.45) is 80.4. The maximum absolute atomic E-state index is 4.26. The second-order valence-corrected chi connectivity index (χ2v) is 46.5. The Morgan fingerprint density at radius 3 is 0.566 bits per heavy atom. The summed E-state index contributed by atoms with van der Waals surface area (Å²) in [7, 11) is 0. The van der Waals surface area contributed by atoms with E-state index in [1.54, 1.807) is 0 Å². The second kappa shape index (κ2) is 84.6. The van der Waals surface area contributed by atoms with E-state index in [-0.39, 0.29) is 0 Å². The highest BCUT2D eigenvalue weighted by Crippen LogP contribution is 2.22. The van der Waals surface area contributed by atoms with Gasteiger partial charge in [-0.1, -0.05) is 417 Å². The van der Waals surface area contributed by atoms with Gasteiger partial charge in [-0.3, -0.25) is 18.7 Å². The molecule has 7 aromatic rings. The van der Waals surface area contributed by atoms with Crippen LogP contribution in [-0.4, -0.2) is 105 Å². The molecular weight excluding hydrogens is 1680 g/mol. The van der Waals surface area contributed by atoms with E-state index < -0.39 is 0 Å². The summed E-state index contributed by atoms with van der Waals surface area (Å²) in [5.41, 5.74) is 8.58. The molecule has 0 amide bonds. The summed E-state index contributed by atoms with van der Waals surface area (Å²) < 4.78 is 14.4. The molecule has 7 aromatic heterocycles. The Labute approximate surface area is 839 Å². The molecule has 7 heterocycles. The minimum atomic E-state index is 0.781. The first-order valence-electron chi connectivity index (χ1n) is 57.3. The molecule has 136 heavy (non-hydrogen) atoms. The third kappa shape index (κ3) is 79.6. The Morgan fingerprint density at radius 1 is 0.162 bits per heavy atom. The maximum atomic E-state index is 4.26. The lowest BCUT2D eigenvalue weighted by Crippen LogP contribution is -2.06. The molecule has 0 radical (unpaired) electrons. The van der Waals surface area contributed by atoms with Crippen molar-refractivity contribution in [3.05, 3.63) is 83.2 Å². The molecule has 7 rings (SSSR count). The van der Waals surface area contributed by atoms with Gasteiger partial charge in [-0.25, -0.2) is 14.0 Å². The van der Waals surface area contributed by atoms with Crippen LogP contribution in [0.4, 0.5) is 0 Å². The van der Waals surface area contributed by atoms with Crippen molar-refractivity contribution in [3.8, 4) is 0 Å². The van der Waals surface area contributed by atoms with Crippen molar-refractivity contribution < 1.29 is 0 Å². The fourth-order valence-corrected chi connectivity index (χ4v) is 16.6. The number of nitrogens with zero attached hydrogens (tertiary/aromatic N) is 21. The van der Waals surface area contributed by atoms with Gasteiger partial charge in [-0.05, 0) is 231 Å². The van der Waals surface area contributed by atoms with Crippen LogP contribution in [-0.2, 0) is 90.8 Å². The number of rotatable bonds is 73. The van der Waals surface area contributed by atoms with Crippen molar-refractivity contribution in [2.24, 2.45) is 82.9 Å². The van der Waals surface area contributed by atoms with Crippen molar-refractivity contribution in [3.63, 3.8) is 0 Å². The summed E-state index contributed by atoms with van der Waals surface area (Å²) in [5.74, 6) is 11.4. The zero-order valence-electron chi connectivity index (χ0n) is 94.7. The van der Waals surface area contributed by atoms with E-state index in [9.17, 15) is 0 Å². The van der Waals surface area contributed by atoms with Gasteiger partial charge in [0, 0.05) is 70.6 Å². The van der Waals surface area contributed by atoms with Crippen LogP contribution in [0.15, 0.2) is 43.4 Å². The molecule has 0 atom stereocenters. The Morgan fingerprint density at radius 2 is 0.324 bits per heavy atom. The fraction of sp³-hybridized carbons (Fsp3) is 0.878. The zero-order valence-corrected chi connectivity index (χ0v) is 94.7. The lowest BCUT2D eigenvalue weighted by atomic mass is 10.0. The molecule has 0 aliphatic carbocycles. The highest BCUT2D eigenvalue weighted by atomic mass is 15.5. The number of hydrogen-bond donors (Lipinski definition) is 0. The molecule has 0 saturated heterocycles. The number of unbranched alkanes of at least 4 members (excludes halogenated alkanes) is 17. The van der Waals surface area contributed by atoms with Gasteiger partial charge in [0.05, 0.1) is 58.4 Å². The van der Waals surface area contributed by atoms with Crippen molar-refractivity contribution in [2.45, 2.75) is 574 Å². The van der Waals surface area contributed by atoms with Crippen LogP contribution in [0.1, 0.15) is 523 Å². The summed E-state index contributed by atoms with van der Waals surface area (Å²) in [5, 5.41) is 58.8. The van der Waals surface area contributed by atoms with Crippen LogP contribution >= 0.6 is 0 Å². The number of hydrogen-bond acceptors (Lipinski definition) is 14. The summed E-state index contributed by atoms with van der Waals surface area (Å²) in [6.45, 7) is 71.2. The van der Waals surface area contributed by atoms with Gasteiger partial charge in [-0.15, -0.1) is 35.7 Å². The van der Waals surface area contributed by atoms with Crippen molar-refractivity contribution >= 4 is 0 Å². The molecule has 0 spiro atoms. The highest BCUT2D eigenvalue weighted by Gasteiger charge is 2.13. The van der Waals surface area contributed by atoms with Crippen molar-refractivity contribution in [2.75, 3.05) is 0 Å². The molecule has 0 N–H and O–H groups in total. The van der Waals surface area contributed by atoms with Gasteiger partial charge in [0.25, 0.3) is 0 Å². The number of aromatic nitrogens is 21. The normalized spacial score (nSPS) is 11.7. The van der Waals surface area contributed by atoms with E-state index in [1.807, 2.05) is 37.3 Å². The Hall–Kier alpha value is -6.02. The van der Waals surface area contributed by atoms with Gasteiger partial charge in [0.15, 0.2) is 0 Å². The average molecular weight is 1900 g/mol. The van der Waals surface area contributed by atoms with Crippen LogP contribution in [0.25, 0.3) is 0 Å². The molecule has 21 nitrogen and oxygen atoms in total. The highest BCUT2D eigenvalue weighted by molar-refractivity contribution is 4.98. The van der Waals surface area contributed by atoms with E-state index in [2.05, 4.69) is 305 Å². The van der Waals surface area contributed by atoms with E-state index in [1.165, 1.54) is 306 Å². The van der Waals surface area contributed by atoms with Crippen LogP contribution in [0.5, 0.6) is 0 Å². The number of aryl methyl sites for hydroxylation is 14. The van der Waals surface area contributed by atoms with E-state index in [0.717, 1.165) is 196 Å². The molecule has 0 bridgehead atoms. The minimum Gasteiger partial charge on any atom is -0.252 e. The zero-order chi connectivity index (χ0) is 101. The van der Waals surface area contributed by atoms with Gasteiger partial charge < -0.3 is 0 Å². The Balaban J connectivity index is 0.000000793. The van der Waals surface area contributed by atoms with Gasteiger partial charge in [-0.2, -0.15) is 0 Å². The molecule has 0 aromatic carbocycles. The molecule has 21 heteroatoms. The summed E-state index contributed by atoms with van der Waals surface area (Å²) in [4.78, 5) is 0. The predicted octanol–water partition coefficient (Wildman–Crippen LogP) is 32.5. The van der Waals surface area contributed by atoms with Crippen molar-refractivity contribution in [1.82, 2.24) is 105 Å². The smallest absolute Gasteiger partial charge is 0.0827 e. The predicted molar refractivity (Wildman–Crippen MR) is 582 cm³/mol. The molecule has 0 fully saturated rings. The monoisotopic (exact) mass is 1900 g/mol. The third-order valence-corrected chi connectivity index (χ3v) is 25.3. The summed E-state index contributed by atoms with van der Waals surface area (Å²) in [6, 6.07) is 0. The standard InChI is InChI=1S/3C17H33N3.4C16H31N3/c1-15(2)10-6-5-9-13-20-17(14-18-19-20)12-8-7-11-16(3)4;2*1-15(2)10-7-5-6-8-13-20-17(14-18-19-20)12-9-11-16(3)4;2*1-14(2)9-5-6-11-16-13-19(18-17-16)12-8-7-10-15(3)4;2*1-14(2)9-6-5-7-11-16-13-19(18-17-16)12-8-10-15(3)4/h3*14-16H,5-13H2,1-4H3;4*13-15H,5-12H2,1-4H3. The second-order valence-electron chi connectivity index (χ2n) is 46.5. The van der Waals surface area contributed by atoms with E-state index >= 15 is 0 Å². The van der Waals surface area contributed by atoms with E-state index in [0.29, 0.717) is 0 Å². The lowest BCUT2D eigenvalue weighted by Gasteiger charge is -2.08. The van der Waals surface area contributed by atoms with E-state index in [4.69, 9.17) is 0 Å². The first kappa shape index (κ1) is 128. The lowest BCUT2D eigenvalue weighted by molar-refractivity contribution is 0.474. The first-order chi connectivity index (χ1) is 65.1. The SMILES string of the molecule is CC(C)CCCCCCn1nncc1CCCC(C)C.CC(C)CCCCCCn1nncc1CCCC(C)C.CC(C)CCCCCc1cn(CCCC(C)C)nn1.CC(C)CCCCCc1cn(CCCC(C)C)nn1.CC(C)CCCCCn1nncc1CCCCC(C)C.CC(C)CCCCc1cn(CCCCC(C)C)nn1.CC(C)CCCCc1cn(CCCCC(C)C)nn1. The average Bonchev–Trinajstić information content (AvgIpc) is 1.76. The van der Waals surface area contributed by atoms with Gasteiger partial charge in [0.1, 0.15) is 0 Å². The Kier molecular flexibility index (Phi) is 79.7. The molecule has 788 valence electrons. The van der Waals surface area contributed by atoms with Crippen LogP contribution in [0.3, 0.4) is 0 Å². The van der Waals surface area contributed by atoms with Gasteiger partial charge >= 0.3 is 0 Å².